The van der Waals surface area contributed by atoms with E-state index in [1.807, 2.05) is 0 Å². The van der Waals surface area contributed by atoms with Crippen LogP contribution >= 0.6 is 11.3 Å². The van der Waals surface area contributed by atoms with Crippen LogP contribution in [0.1, 0.15) is 43.5 Å². The van der Waals surface area contributed by atoms with Crippen molar-refractivity contribution in [1.29, 1.82) is 0 Å². The molecule has 150 valence electrons. The highest BCUT2D eigenvalue weighted by molar-refractivity contribution is 7.09. The molecule has 7 heteroatoms. The number of rotatable bonds is 6. The Morgan fingerprint density at radius 2 is 2.18 bits per heavy atom. The fraction of sp³-hybridized carbons (Fsp3) is 0.476. The van der Waals surface area contributed by atoms with Crippen LogP contribution in [0.3, 0.4) is 0 Å². The van der Waals surface area contributed by atoms with Crippen LogP contribution in [-0.2, 0) is 28.0 Å². The Balaban J connectivity index is 1.47. The standard InChI is InChI=1S/C21H26FN3O2S/c1-21(2,3)17-13-28-18(24-17)7-8-23-20(27)15-10-19(26)25(12-15)11-14-5-4-6-16(22)9-14/h4-6,9,13,15H,7-8,10-12H2,1-3H3,(H,23,27)/t15-/m1/s1. The summed E-state index contributed by atoms with van der Waals surface area (Å²) in [5.41, 5.74) is 1.81. The summed E-state index contributed by atoms with van der Waals surface area (Å²) < 4.78 is 13.3. The van der Waals surface area contributed by atoms with Gasteiger partial charge in [-0.05, 0) is 17.7 Å². The van der Waals surface area contributed by atoms with E-state index in [2.05, 4.69) is 36.5 Å². The molecule has 2 heterocycles. The summed E-state index contributed by atoms with van der Waals surface area (Å²) in [6, 6.07) is 6.20. The number of aromatic nitrogens is 1. The number of thiazole rings is 1. The van der Waals surface area contributed by atoms with Crippen molar-refractivity contribution in [3.63, 3.8) is 0 Å². The molecular weight excluding hydrogens is 377 g/mol. The van der Waals surface area contributed by atoms with Gasteiger partial charge in [0.1, 0.15) is 5.82 Å². The number of hydrogen-bond acceptors (Lipinski definition) is 4. The van der Waals surface area contributed by atoms with Gasteiger partial charge in [-0.3, -0.25) is 9.59 Å². The molecule has 3 rings (SSSR count). The summed E-state index contributed by atoms with van der Waals surface area (Å²) >= 11 is 1.61. The minimum Gasteiger partial charge on any atom is -0.355 e. The van der Waals surface area contributed by atoms with E-state index >= 15 is 0 Å². The zero-order valence-electron chi connectivity index (χ0n) is 16.5. The Kier molecular flexibility index (Phi) is 6.13. The lowest BCUT2D eigenvalue weighted by molar-refractivity contribution is -0.129. The molecule has 0 radical (unpaired) electrons. The predicted octanol–water partition coefficient (Wildman–Crippen LogP) is 3.29. The SMILES string of the molecule is CC(C)(C)c1csc(CCNC(=O)[C@@H]2CC(=O)N(Cc3cccc(F)c3)C2)n1. The third-order valence-corrected chi connectivity index (χ3v) is 5.71. The lowest BCUT2D eigenvalue weighted by atomic mass is 9.93. The molecule has 5 nitrogen and oxygen atoms in total. The molecule has 1 aromatic heterocycles. The van der Waals surface area contributed by atoms with Crippen LogP contribution in [0.15, 0.2) is 29.6 Å². The lowest BCUT2D eigenvalue weighted by Crippen LogP contribution is -2.34. The molecule has 2 amide bonds. The maximum Gasteiger partial charge on any atom is 0.225 e. The molecule has 1 atom stereocenters. The molecule has 0 saturated carbocycles. The van der Waals surface area contributed by atoms with Crippen LogP contribution in [0.25, 0.3) is 0 Å². The molecule has 1 aromatic carbocycles. The number of benzene rings is 1. The number of nitrogens with zero attached hydrogens (tertiary/aromatic N) is 2. The fourth-order valence-electron chi connectivity index (χ4n) is 3.16. The van der Waals surface area contributed by atoms with Gasteiger partial charge in [0, 0.05) is 43.3 Å². The van der Waals surface area contributed by atoms with Crippen molar-refractivity contribution in [2.75, 3.05) is 13.1 Å². The average Bonchev–Trinajstić information content (AvgIpc) is 3.22. The summed E-state index contributed by atoms with van der Waals surface area (Å²) in [7, 11) is 0. The minimum atomic E-state index is -0.359. The van der Waals surface area contributed by atoms with Gasteiger partial charge in [0.25, 0.3) is 0 Å². The van der Waals surface area contributed by atoms with E-state index in [4.69, 9.17) is 0 Å². The van der Waals surface area contributed by atoms with Gasteiger partial charge >= 0.3 is 0 Å². The molecule has 0 aliphatic carbocycles. The summed E-state index contributed by atoms with van der Waals surface area (Å²) in [5.74, 6) is -0.861. The first-order valence-electron chi connectivity index (χ1n) is 9.47. The van der Waals surface area contributed by atoms with Gasteiger partial charge in [0.2, 0.25) is 11.8 Å². The van der Waals surface area contributed by atoms with Crippen molar-refractivity contribution in [2.45, 2.75) is 45.6 Å². The number of halogens is 1. The first-order valence-corrected chi connectivity index (χ1v) is 10.3. The fourth-order valence-corrected chi connectivity index (χ4v) is 4.19. The van der Waals surface area contributed by atoms with Crippen LogP contribution in [-0.4, -0.2) is 34.8 Å². The molecule has 1 N–H and O–H groups in total. The van der Waals surface area contributed by atoms with Gasteiger partial charge in [0.15, 0.2) is 0 Å². The molecule has 1 fully saturated rings. The number of nitrogens with one attached hydrogen (secondary N) is 1. The third-order valence-electron chi connectivity index (χ3n) is 4.81. The normalized spacial score (nSPS) is 17.2. The summed E-state index contributed by atoms with van der Waals surface area (Å²) in [5, 5.41) is 5.99. The van der Waals surface area contributed by atoms with Gasteiger partial charge in [-0.2, -0.15) is 0 Å². The van der Waals surface area contributed by atoms with Gasteiger partial charge in [-0.1, -0.05) is 32.9 Å². The smallest absolute Gasteiger partial charge is 0.225 e. The zero-order chi connectivity index (χ0) is 20.3. The van der Waals surface area contributed by atoms with E-state index in [0.717, 1.165) is 16.3 Å². The molecule has 1 saturated heterocycles. The zero-order valence-corrected chi connectivity index (χ0v) is 17.3. The van der Waals surface area contributed by atoms with Crippen molar-refractivity contribution in [2.24, 2.45) is 5.92 Å². The molecule has 0 spiro atoms. The largest absolute Gasteiger partial charge is 0.355 e. The molecule has 1 aliphatic rings. The van der Waals surface area contributed by atoms with Crippen LogP contribution in [0, 0.1) is 11.7 Å². The highest BCUT2D eigenvalue weighted by Gasteiger charge is 2.34. The van der Waals surface area contributed by atoms with Crippen LogP contribution in [0.2, 0.25) is 0 Å². The Hall–Kier alpha value is -2.28. The van der Waals surface area contributed by atoms with Crippen molar-refractivity contribution >= 4 is 23.2 Å². The molecule has 1 aliphatic heterocycles. The first-order chi connectivity index (χ1) is 13.2. The van der Waals surface area contributed by atoms with E-state index in [1.54, 1.807) is 28.4 Å². The number of hydrogen-bond donors (Lipinski definition) is 1. The van der Waals surface area contributed by atoms with E-state index in [1.165, 1.54) is 12.1 Å². The van der Waals surface area contributed by atoms with E-state index in [-0.39, 0.29) is 35.4 Å². The second kappa shape index (κ2) is 8.39. The topological polar surface area (TPSA) is 62.3 Å². The first kappa shape index (κ1) is 20.5. The monoisotopic (exact) mass is 403 g/mol. The summed E-state index contributed by atoms with van der Waals surface area (Å²) in [4.78, 5) is 30.9. The Morgan fingerprint density at radius 1 is 1.39 bits per heavy atom. The summed E-state index contributed by atoms with van der Waals surface area (Å²) in [6.45, 7) is 7.58. The highest BCUT2D eigenvalue weighted by Crippen LogP contribution is 2.24. The molecule has 0 bridgehead atoms. The van der Waals surface area contributed by atoms with E-state index < -0.39 is 0 Å². The minimum absolute atomic E-state index is 0.0212. The van der Waals surface area contributed by atoms with Gasteiger partial charge in [0.05, 0.1) is 16.6 Å². The predicted molar refractivity (Wildman–Crippen MR) is 107 cm³/mol. The maximum absolute atomic E-state index is 13.3. The third kappa shape index (κ3) is 5.16. The van der Waals surface area contributed by atoms with Gasteiger partial charge < -0.3 is 10.2 Å². The second-order valence-corrected chi connectivity index (χ2v) is 9.17. The van der Waals surface area contributed by atoms with Gasteiger partial charge in [-0.15, -0.1) is 11.3 Å². The number of carbonyl (C=O) groups is 2. The lowest BCUT2D eigenvalue weighted by Gasteiger charge is -2.16. The van der Waals surface area contributed by atoms with Crippen LogP contribution in [0.5, 0.6) is 0 Å². The molecule has 2 aromatic rings. The maximum atomic E-state index is 13.3. The van der Waals surface area contributed by atoms with Crippen molar-refractivity contribution in [1.82, 2.24) is 15.2 Å². The number of carbonyl (C=O) groups excluding carboxylic acids is 2. The molecule has 0 unspecified atom stereocenters. The quantitative estimate of drug-likeness (QED) is 0.805. The van der Waals surface area contributed by atoms with E-state index in [0.29, 0.717) is 26.1 Å². The Bertz CT molecular complexity index is 859. The van der Waals surface area contributed by atoms with Crippen LogP contribution < -0.4 is 5.32 Å². The number of amides is 2. The number of likely N-dealkylation sites (tertiary alicyclic amines) is 1. The van der Waals surface area contributed by atoms with E-state index in [9.17, 15) is 14.0 Å². The Morgan fingerprint density at radius 3 is 2.86 bits per heavy atom. The van der Waals surface area contributed by atoms with Gasteiger partial charge in [-0.25, -0.2) is 9.37 Å². The van der Waals surface area contributed by atoms with Crippen LogP contribution in [0.4, 0.5) is 4.39 Å². The van der Waals surface area contributed by atoms with Crippen molar-refractivity contribution in [3.8, 4) is 0 Å². The average molecular weight is 404 g/mol. The van der Waals surface area contributed by atoms with Crippen molar-refractivity contribution in [3.05, 3.63) is 51.7 Å². The highest BCUT2D eigenvalue weighted by atomic mass is 32.1. The molecular formula is C21H26FN3O2S. The molecule has 28 heavy (non-hydrogen) atoms. The van der Waals surface area contributed by atoms with Crippen molar-refractivity contribution < 1.29 is 14.0 Å². The summed E-state index contributed by atoms with van der Waals surface area (Å²) in [6.07, 6.45) is 0.882. The Labute approximate surface area is 169 Å². The second-order valence-electron chi connectivity index (χ2n) is 8.22.